The van der Waals surface area contributed by atoms with E-state index >= 15 is 0 Å². The first kappa shape index (κ1) is 24.3. The van der Waals surface area contributed by atoms with Crippen LogP contribution in [0.25, 0.3) is 0 Å². The van der Waals surface area contributed by atoms with Crippen LogP contribution in [0.1, 0.15) is 59.3 Å². The van der Waals surface area contributed by atoms with Crippen molar-refractivity contribution in [3.05, 3.63) is 0 Å². The molecule has 0 bridgehead atoms. The van der Waals surface area contributed by atoms with Crippen LogP contribution in [0.5, 0.6) is 0 Å². The van der Waals surface area contributed by atoms with Gasteiger partial charge < -0.3 is 10.2 Å². The number of hydrogen-bond donors (Lipinski definition) is 3. The van der Waals surface area contributed by atoms with Crippen LogP contribution in [0.15, 0.2) is 0 Å². The van der Waals surface area contributed by atoms with Crippen molar-refractivity contribution in [2.24, 2.45) is 0 Å². The zero-order chi connectivity index (χ0) is 19.7. The second kappa shape index (κ2) is 11.1. The molecule has 0 aromatic rings. The standard InChI is InChI=1S/C16H31O7PS/c1-4-7-10-24(11-8-5-2,12-9-6-3)13(15(17)18)14(16(19)20)25(21,22)23/h13-14H,4-12H2,1-3H3,(H2-,17,18,19,20,21,22,23)/p+1. The third-order valence-corrected chi connectivity index (χ3v) is 11.2. The minimum Gasteiger partial charge on any atom is -0.480 e. The normalized spacial score (nSPS) is 14.9. The SMILES string of the molecule is CCCC[P+](CCCC)(CCCC)C(C(=O)O)C(C(=O)O)S(=O)(=O)O. The Kier molecular flexibility index (Phi) is 10.8. The maximum Gasteiger partial charge on any atom is 0.346 e. The number of rotatable bonds is 14. The maximum atomic E-state index is 12.0. The van der Waals surface area contributed by atoms with Crippen LogP contribution in [-0.4, -0.2) is 64.5 Å². The van der Waals surface area contributed by atoms with E-state index in [1.54, 1.807) is 0 Å². The van der Waals surface area contributed by atoms with E-state index in [1.165, 1.54) is 0 Å². The number of hydrogen-bond acceptors (Lipinski definition) is 4. The van der Waals surface area contributed by atoms with Crippen LogP contribution in [0.4, 0.5) is 0 Å². The van der Waals surface area contributed by atoms with Crippen molar-refractivity contribution < 1.29 is 32.8 Å². The van der Waals surface area contributed by atoms with Gasteiger partial charge in [-0.2, -0.15) is 8.42 Å². The van der Waals surface area contributed by atoms with Gasteiger partial charge in [-0.3, -0.25) is 9.35 Å². The Labute approximate surface area is 151 Å². The quantitative estimate of drug-likeness (QED) is 0.302. The van der Waals surface area contributed by atoms with Crippen molar-refractivity contribution in [1.29, 1.82) is 0 Å². The fourth-order valence-electron chi connectivity index (χ4n) is 3.25. The molecule has 0 rings (SSSR count). The molecular weight excluding hydrogens is 367 g/mol. The first-order valence-corrected chi connectivity index (χ1v) is 12.8. The summed E-state index contributed by atoms with van der Waals surface area (Å²) in [7, 11) is -7.46. The topological polar surface area (TPSA) is 129 Å². The third kappa shape index (κ3) is 7.19. The number of carboxylic acid groups (broad SMARTS) is 2. The molecule has 0 saturated heterocycles. The van der Waals surface area contributed by atoms with Gasteiger partial charge in [0.15, 0.2) is 5.66 Å². The van der Waals surface area contributed by atoms with E-state index < -0.39 is 40.2 Å². The first-order valence-electron chi connectivity index (χ1n) is 8.85. The molecule has 0 fully saturated rings. The summed E-state index contributed by atoms with van der Waals surface area (Å²) in [5.41, 5.74) is -1.57. The monoisotopic (exact) mass is 399 g/mol. The van der Waals surface area contributed by atoms with E-state index in [-0.39, 0.29) is 0 Å². The van der Waals surface area contributed by atoms with Crippen LogP contribution in [-0.2, 0) is 19.7 Å². The maximum absolute atomic E-state index is 12.0. The average molecular weight is 399 g/mol. The molecule has 0 aromatic carbocycles. The molecule has 7 nitrogen and oxygen atoms in total. The van der Waals surface area contributed by atoms with Gasteiger partial charge in [-0.15, -0.1) is 0 Å². The predicted molar refractivity (Wildman–Crippen MR) is 101 cm³/mol. The highest BCUT2D eigenvalue weighted by Crippen LogP contribution is 2.66. The van der Waals surface area contributed by atoms with Crippen molar-refractivity contribution in [3.8, 4) is 0 Å². The van der Waals surface area contributed by atoms with Gasteiger partial charge in [-0.25, -0.2) is 4.79 Å². The lowest BCUT2D eigenvalue weighted by Crippen LogP contribution is -2.48. The zero-order valence-corrected chi connectivity index (χ0v) is 17.1. The highest BCUT2D eigenvalue weighted by atomic mass is 32.2. The lowest BCUT2D eigenvalue weighted by Gasteiger charge is -2.34. The molecule has 148 valence electrons. The lowest BCUT2D eigenvalue weighted by atomic mass is 10.3. The molecule has 0 spiro atoms. The van der Waals surface area contributed by atoms with Gasteiger partial charge >= 0.3 is 11.9 Å². The van der Waals surface area contributed by atoms with E-state index in [1.807, 2.05) is 20.8 Å². The summed E-state index contributed by atoms with van der Waals surface area (Å²) in [6.45, 7) is 5.88. The van der Waals surface area contributed by atoms with Crippen molar-refractivity contribution >= 4 is 29.3 Å². The summed E-state index contributed by atoms with van der Waals surface area (Å²) in [5.74, 6) is -3.22. The number of carbonyl (C=O) groups is 2. The predicted octanol–water partition coefficient (Wildman–Crippen LogP) is 3.20. The van der Waals surface area contributed by atoms with Gasteiger partial charge in [-0.1, -0.05) is 40.0 Å². The summed E-state index contributed by atoms with van der Waals surface area (Å²) >= 11 is 0. The Morgan fingerprint density at radius 3 is 1.40 bits per heavy atom. The second-order valence-electron chi connectivity index (χ2n) is 6.51. The number of carboxylic acids is 2. The van der Waals surface area contributed by atoms with Crippen LogP contribution in [0.3, 0.4) is 0 Å². The number of aliphatic carboxylic acids is 2. The zero-order valence-electron chi connectivity index (χ0n) is 15.3. The Balaban J connectivity index is 6.28. The Bertz CT molecular complexity index is 511. The van der Waals surface area contributed by atoms with Gasteiger partial charge in [0.05, 0.1) is 18.5 Å². The van der Waals surface area contributed by atoms with Crippen molar-refractivity contribution in [1.82, 2.24) is 0 Å². The van der Waals surface area contributed by atoms with Crippen LogP contribution in [0, 0.1) is 0 Å². The lowest BCUT2D eigenvalue weighted by molar-refractivity contribution is -0.142. The molecular formula is C16H32O7PS+. The molecule has 0 amide bonds. The van der Waals surface area contributed by atoms with Gasteiger partial charge in [0.25, 0.3) is 10.1 Å². The summed E-state index contributed by atoms with van der Waals surface area (Å²) in [6.07, 6.45) is 6.25. The fraction of sp³-hybridized carbons (Fsp3) is 0.875. The van der Waals surface area contributed by atoms with Crippen molar-refractivity contribution in [2.75, 3.05) is 18.5 Å². The van der Waals surface area contributed by atoms with Gasteiger partial charge in [0.1, 0.15) is 0 Å². The minimum atomic E-state index is -5.02. The van der Waals surface area contributed by atoms with Gasteiger partial charge in [0.2, 0.25) is 5.25 Å². The van der Waals surface area contributed by atoms with E-state index in [2.05, 4.69) is 0 Å². The molecule has 0 heterocycles. The third-order valence-electron chi connectivity index (χ3n) is 4.57. The highest BCUT2D eigenvalue weighted by Gasteiger charge is 2.59. The molecule has 25 heavy (non-hydrogen) atoms. The Morgan fingerprint density at radius 1 is 0.840 bits per heavy atom. The van der Waals surface area contributed by atoms with Crippen LogP contribution in [0.2, 0.25) is 0 Å². The largest absolute Gasteiger partial charge is 0.480 e. The van der Waals surface area contributed by atoms with Crippen LogP contribution >= 0.6 is 7.26 Å². The van der Waals surface area contributed by atoms with Crippen molar-refractivity contribution in [2.45, 2.75) is 70.2 Å². The summed E-state index contributed by atoms with van der Waals surface area (Å²) in [4.78, 5) is 23.6. The molecule has 0 aromatic heterocycles. The summed E-state index contributed by atoms with van der Waals surface area (Å²) in [6, 6.07) is 0. The highest BCUT2D eigenvalue weighted by molar-refractivity contribution is 7.88. The van der Waals surface area contributed by atoms with E-state index in [9.17, 15) is 32.8 Å². The molecule has 0 radical (unpaired) electrons. The summed E-state index contributed by atoms with van der Waals surface area (Å²) in [5, 5.41) is 16.9. The van der Waals surface area contributed by atoms with E-state index in [4.69, 9.17) is 0 Å². The fourth-order valence-corrected chi connectivity index (χ4v) is 10.7. The van der Waals surface area contributed by atoms with E-state index in [0.29, 0.717) is 18.5 Å². The molecule has 9 heteroatoms. The smallest absolute Gasteiger partial charge is 0.346 e. The molecule has 2 unspecified atom stereocenters. The molecule has 0 aliphatic heterocycles. The molecule has 0 aliphatic carbocycles. The van der Waals surface area contributed by atoms with Crippen molar-refractivity contribution in [3.63, 3.8) is 0 Å². The molecule has 3 N–H and O–H groups in total. The van der Waals surface area contributed by atoms with E-state index in [0.717, 1.165) is 38.5 Å². The Hall–Kier alpha value is -0.720. The molecule has 2 atom stereocenters. The first-order chi connectivity index (χ1) is 11.6. The molecule has 0 saturated carbocycles. The number of unbranched alkanes of at least 4 members (excludes halogenated alkanes) is 3. The second-order valence-corrected chi connectivity index (χ2v) is 12.4. The Morgan fingerprint density at radius 2 is 1.20 bits per heavy atom. The van der Waals surface area contributed by atoms with Gasteiger partial charge in [-0.05, 0) is 19.3 Å². The average Bonchev–Trinajstić information content (AvgIpc) is 2.50. The summed E-state index contributed by atoms with van der Waals surface area (Å²) < 4.78 is 32.9. The molecule has 0 aliphatic rings. The minimum absolute atomic E-state index is 0.541. The van der Waals surface area contributed by atoms with Crippen LogP contribution < -0.4 is 0 Å². The van der Waals surface area contributed by atoms with Gasteiger partial charge in [0, 0.05) is 7.26 Å².